The summed E-state index contributed by atoms with van der Waals surface area (Å²) < 4.78 is 5.27. The Hall–Kier alpha value is -1.26. The summed E-state index contributed by atoms with van der Waals surface area (Å²) in [7, 11) is 1.59. The first-order valence-corrected chi connectivity index (χ1v) is 6.29. The first-order valence-electron chi connectivity index (χ1n) is 5.91. The van der Waals surface area contributed by atoms with E-state index in [1.165, 1.54) is 0 Å². The molecule has 1 aliphatic heterocycles. The van der Waals surface area contributed by atoms with E-state index in [1.807, 2.05) is 11.0 Å². The molecule has 1 fully saturated rings. The zero-order valence-corrected chi connectivity index (χ0v) is 11.0. The summed E-state index contributed by atoms with van der Waals surface area (Å²) in [6.45, 7) is 1.39. The molecule has 5 heteroatoms. The van der Waals surface area contributed by atoms with E-state index in [9.17, 15) is 4.79 Å². The number of methoxy groups -OCH3 is 1. The van der Waals surface area contributed by atoms with Crippen molar-refractivity contribution in [3.05, 3.63) is 28.8 Å². The number of rotatable bonds is 4. The van der Waals surface area contributed by atoms with Gasteiger partial charge in [0.1, 0.15) is 11.8 Å². The van der Waals surface area contributed by atoms with Gasteiger partial charge in [0.2, 0.25) is 0 Å². The summed E-state index contributed by atoms with van der Waals surface area (Å²) in [5, 5.41) is 9.76. The molecular formula is C13H16ClNO3. The second-order valence-electron chi connectivity index (χ2n) is 4.42. The van der Waals surface area contributed by atoms with Crippen molar-refractivity contribution in [2.75, 3.05) is 13.7 Å². The summed E-state index contributed by atoms with van der Waals surface area (Å²) >= 11 is 5.90. The molecule has 98 valence electrons. The largest absolute Gasteiger partial charge is 0.496 e. The van der Waals surface area contributed by atoms with E-state index < -0.39 is 5.97 Å². The molecule has 1 heterocycles. The van der Waals surface area contributed by atoms with Crippen molar-refractivity contribution < 1.29 is 14.6 Å². The first kappa shape index (κ1) is 13.2. The van der Waals surface area contributed by atoms with Crippen LogP contribution in [0.5, 0.6) is 5.75 Å². The van der Waals surface area contributed by atoms with Gasteiger partial charge in [-0.15, -0.1) is 0 Å². The zero-order chi connectivity index (χ0) is 13.1. The molecule has 1 aliphatic rings. The fourth-order valence-corrected chi connectivity index (χ4v) is 2.52. The van der Waals surface area contributed by atoms with Crippen LogP contribution in [0.2, 0.25) is 5.02 Å². The smallest absolute Gasteiger partial charge is 0.320 e. The number of hydrogen-bond acceptors (Lipinski definition) is 3. The van der Waals surface area contributed by atoms with Gasteiger partial charge >= 0.3 is 5.97 Å². The first-order chi connectivity index (χ1) is 8.61. The summed E-state index contributed by atoms with van der Waals surface area (Å²) in [4.78, 5) is 13.1. The van der Waals surface area contributed by atoms with Crippen LogP contribution in [0.15, 0.2) is 18.2 Å². The molecule has 1 atom stereocenters. The molecule has 0 amide bonds. The number of hydrogen-bond donors (Lipinski definition) is 1. The maximum Gasteiger partial charge on any atom is 0.320 e. The number of benzene rings is 1. The Kier molecular flexibility index (Phi) is 4.09. The molecule has 0 aromatic heterocycles. The van der Waals surface area contributed by atoms with Gasteiger partial charge in [-0.25, -0.2) is 0 Å². The molecule has 0 spiro atoms. The maximum absolute atomic E-state index is 11.1. The minimum absolute atomic E-state index is 0.384. The monoisotopic (exact) mass is 269 g/mol. The third-order valence-electron chi connectivity index (χ3n) is 3.27. The Bertz CT molecular complexity index is 450. The van der Waals surface area contributed by atoms with Gasteiger partial charge < -0.3 is 9.84 Å². The van der Waals surface area contributed by atoms with E-state index in [0.717, 1.165) is 18.5 Å². The third kappa shape index (κ3) is 2.76. The van der Waals surface area contributed by atoms with Crippen LogP contribution in [0.1, 0.15) is 18.4 Å². The van der Waals surface area contributed by atoms with Gasteiger partial charge in [0.05, 0.1) is 7.11 Å². The average molecular weight is 270 g/mol. The minimum atomic E-state index is -0.750. The van der Waals surface area contributed by atoms with Crippen LogP contribution in [0.25, 0.3) is 0 Å². The van der Waals surface area contributed by atoms with E-state index in [4.69, 9.17) is 21.4 Å². The highest BCUT2D eigenvalue weighted by Gasteiger charge is 2.30. The fourth-order valence-electron chi connectivity index (χ4n) is 2.36. The molecule has 1 N–H and O–H groups in total. The topological polar surface area (TPSA) is 49.8 Å². The normalized spacial score (nSPS) is 20.0. The Morgan fingerprint density at radius 1 is 1.61 bits per heavy atom. The molecule has 0 unspecified atom stereocenters. The number of carboxylic acids is 1. The SMILES string of the molecule is COc1cc(Cl)ccc1CN1CCC[C@H]1C(=O)O. The molecule has 0 radical (unpaired) electrons. The minimum Gasteiger partial charge on any atom is -0.496 e. The van der Waals surface area contributed by atoms with Crippen molar-refractivity contribution >= 4 is 17.6 Å². The number of ether oxygens (including phenoxy) is 1. The van der Waals surface area contributed by atoms with E-state index >= 15 is 0 Å². The van der Waals surface area contributed by atoms with Crippen molar-refractivity contribution in [1.29, 1.82) is 0 Å². The number of carboxylic acid groups (broad SMARTS) is 1. The highest BCUT2D eigenvalue weighted by Crippen LogP contribution is 2.27. The molecule has 1 aromatic carbocycles. The van der Waals surface area contributed by atoms with Crippen LogP contribution in [-0.4, -0.2) is 35.7 Å². The van der Waals surface area contributed by atoms with Crippen molar-refractivity contribution in [2.45, 2.75) is 25.4 Å². The summed E-state index contributed by atoms with van der Waals surface area (Å²) in [5.41, 5.74) is 0.968. The van der Waals surface area contributed by atoms with Crippen LogP contribution < -0.4 is 4.74 Å². The van der Waals surface area contributed by atoms with Crippen molar-refractivity contribution in [1.82, 2.24) is 4.90 Å². The van der Waals surface area contributed by atoms with Gasteiger partial charge in [-0.05, 0) is 31.5 Å². The van der Waals surface area contributed by atoms with Gasteiger partial charge in [0.15, 0.2) is 0 Å². The summed E-state index contributed by atoms with van der Waals surface area (Å²) in [6, 6.07) is 5.05. The number of carbonyl (C=O) groups is 1. The highest BCUT2D eigenvalue weighted by molar-refractivity contribution is 6.30. The Labute approximate surface area is 111 Å². The Morgan fingerprint density at radius 3 is 3.06 bits per heavy atom. The molecule has 1 aromatic rings. The fraction of sp³-hybridized carbons (Fsp3) is 0.462. The second-order valence-corrected chi connectivity index (χ2v) is 4.86. The maximum atomic E-state index is 11.1. The van der Waals surface area contributed by atoms with Gasteiger partial charge in [0.25, 0.3) is 0 Å². The molecule has 0 aliphatic carbocycles. The lowest BCUT2D eigenvalue weighted by Gasteiger charge is -2.22. The molecule has 4 nitrogen and oxygen atoms in total. The lowest BCUT2D eigenvalue weighted by Crippen LogP contribution is -2.35. The number of likely N-dealkylation sites (tertiary alicyclic amines) is 1. The third-order valence-corrected chi connectivity index (χ3v) is 3.51. The lowest BCUT2D eigenvalue weighted by molar-refractivity contribution is -0.142. The van der Waals surface area contributed by atoms with Crippen LogP contribution in [0.3, 0.4) is 0 Å². The van der Waals surface area contributed by atoms with E-state index in [2.05, 4.69) is 0 Å². The van der Waals surface area contributed by atoms with Gasteiger partial charge in [-0.1, -0.05) is 17.7 Å². The van der Waals surface area contributed by atoms with Crippen molar-refractivity contribution in [2.24, 2.45) is 0 Å². The predicted octanol–water partition coefficient (Wildman–Crippen LogP) is 2.40. The Morgan fingerprint density at radius 2 is 2.39 bits per heavy atom. The van der Waals surface area contributed by atoms with Gasteiger partial charge in [-0.2, -0.15) is 0 Å². The van der Waals surface area contributed by atoms with Crippen molar-refractivity contribution in [3.8, 4) is 5.75 Å². The van der Waals surface area contributed by atoms with E-state index in [1.54, 1.807) is 19.2 Å². The quantitative estimate of drug-likeness (QED) is 0.912. The molecule has 2 rings (SSSR count). The van der Waals surface area contributed by atoms with E-state index in [0.29, 0.717) is 23.7 Å². The molecule has 1 saturated heterocycles. The van der Waals surface area contributed by atoms with Crippen LogP contribution in [0, 0.1) is 0 Å². The molecule has 0 bridgehead atoms. The average Bonchev–Trinajstić information content (AvgIpc) is 2.79. The Balaban J connectivity index is 2.16. The number of aliphatic carboxylic acids is 1. The standard InChI is InChI=1S/C13H16ClNO3/c1-18-12-7-10(14)5-4-9(12)8-15-6-2-3-11(15)13(16)17/h4-5,7,11H,2-3,6,8H2,1H3,(H,16,17)/t11-/m0/s1. The summed E-state index contributed by atoms with van der Waals surface area (Å²) in [5.74, 6) is -0.0426. The number of nitrogens with zero attached hydrogens (tertiary/aromatic N) is 1. The van der Waals surface area contributed by atoms with E-state index in [-0.39, 0.29) is 6.04 Å². The lowest BCUT2D eigenvalue weighted by atomic mass is 10.1. The second kappa shape index (κ2) is 5.59. The van der Waals surface area contributed by atoms with Crippen molar-refractivity contribution in [3.63, 3.8) is 0 Å². The van der Waals surface area contributed by atoms with Crippen LogP contribution in [-0.2, 0) is 11.3 Å². The van der Waals surface area contributed by atoms with Crippen LogP contribution >= 0.6 is 11.6 Å². The predicted molar refractivity (Wildman–Crippen MR) is 69.1 cm³/mol. The molecular weight excluding hydrogens is 254 g/mol. The molecule has 0 saturated carbocycles. The van der Waals surface area contributed by atoms with Gasteiger partial charge in [0, 0.05) is 17.1 Å². The number of halogens is 1. The van der Waals surface area contributed by atoms with Crippen LogP contribution in [0.4, 0.5) is 0 Å². The summed E-state index contributed by atoms with van der Waals surface area (Å²) in [6.07, 6.45) is 1.64. The zero-order valence-electron chi connectivity index (χ0n) is 10.2. The molecule has 18 heavy (non-hydrogen) atoms. The highest BCUT2D eigenvalue weighted by atomic mass is 35.5. The van der Waals surface area contributed by atoms with Gasteiger partial charge in [-0.3, -0.25) is 9.69 Å².